The third-order valence-electron chi connectivity index (χ3n) is 4.25. The van der Waals surface area contributed by atoms with Gasteiger partial charge in [-0.15, -0.1) is 5.10 Å². The van der Waals surface area contributed by atoms with Gasteiger partial charge in [-0.25, -0.2) is 0 Å². The fourth-order valence-corrected chi connectivity index (χ4v) is 2.51. The second-order valence-electron chi connectivity index (χ2n) is 6.48. The van der Waals surface area contributed by atoms with Gasteiger partial charge in [0, 0.05) is 12.1 Å². The molecule has 0 aliphatic heterocycles. The average molecular weight is 366 g/mol. The van der Waals surface area contributed by atoms with Crippen LogP contribution in [0.3, 0.4) is 0 Å². The predicted molar refractivity (Wildman–Crippen MR) is 100 cm³/mol. The highest BCUT2D eigenvalue weighted by molar-refractivity contribution is 6.03. The van der Waals surface area contributed by atoms with Crippen LogP contribution in [0, 0.1) is 13.8 Å². The highest BCUT2D eigenvalue weighted by atomic mass is 16.5. The van der Waals surface area contributed by atoms with E-state index in [-0.39, 0.29) is 11.9 Å². The lowest BCUT2D eigenvalue weighted by atomic mass is 10.1. The Morgan fingerprint density at radius 2 is 1.89 bits per heavy atom. The van der Waals surface area contributed by atoms with Gasteiger partial charge in [0.2, 0.25) is 5.89 Å². The number of aromatic nitrogens is 4. The van der Waals surface area contributed by atoms with E-state index in [2.05, 4.69) is 30.6 Å². The van der Waals surface area contributed by atoms with E-state index < -0.39 is 0 Å². The lowest BCUT2D eigenvalue weighted by Gasteiger charge is -2.21. The molecule has 8 nitrogen and oxygen atoms in total. The summed E-state index contributed by atoms with van der Waals surface area (Å²) in [5.41, 5.74) is 2.43. The monoisotopic (exact) mass is 366 g/mol. The predicted octanol–water partition coefficient (Wildman–Crippen LogP) is 2.92. The molecule has 1 aromatic carbocycles. The molecule has 8 heteroatoms. The van der Waals surface area contributed by atoms with Crippen LogP contribution in [0.5, 0.6) is 0 Å². The molecule has 3 rings (SSSR count). The van der Waals surface area contributed by atoms with Gasteiger partial charge in [-0.2, -0.15) is 10.1 Å². The molecule has 27 heavy (non-hydrogen) atoms. The lowest BCUT2D eigenvalue weighted by molar-refractivity contribution is 0.102. The smallest absolute Gasteiger partial charge is 0.256 e. The quantitative estimate of drug-likeness (QED) is 0.716. The third kappa shape index (κ3) is 4.73. The van der Waals surface area contributed by atoms with Gasteiger partial charge in [0.05, 0.1) is 11.7 Å². The van der Waals surface area contributed by atoms with Crippen LogP contribution >= 0.6 is 0 Å². The highest BCUT2D eigenvalue weighted by Crippen LogP contribution is 2.19. The Morgan fingerprint density at radius 3 is 2.48 bits per heavy atom. The Balaban J connectivity index is 1.60. The van der Waals surface area contributed by atoms with Crippen LogP contribution in [0.25, 0.3) is 0 Å². The molecule has 140 valence electrons. The van der Waals surface area contributed by atoms with Crippen molar-refractivity contribution in [1.29, 1.82) is 0 Å². The summed E-state index contributed by atoms with van der Waals surface area (Å²) in [6.45, 7) is 6.34. The Labute approximate surface area is 157 Å². The van der Waals surface area contributed by atoms with Crippen molar-refractivity contribution in [2.75, 3.05) is 12.4 Å². The fourth-order valence-electron chi connectivity index (χ4n) is 2.51. The highest BCUT2D eigenvalue weighted by Gasteiger charge is 2.18. The Hall–Kier alpha value is -3.13. The zero-order valence-corrected chi connectivity index (χ0v) is 15.8. The molecule has 0 saturated heterocycles. The molecule has 0 aliphatic carbocycles. The van der Waals surface area contributed by atoms with Crippen LogP contribution in [0.1, 0.15) is 46.3 Å². The van der Waals surface area contributed by atoms with E-state index in [1.54, 1.807) is 31.2 Å². The summed E-state index contributed by atoms with van der Waals surface area (Å²) >= 11 is 0. The van der Waals surface area contributed by atoms with Crippen LogP contribution in [0.15, 0.2) is 40.9 Å². The zero-order chi connectivity index (χ0) is 19.4. The van der Waals surface area contributed by atoms with Crippen LogP contribution in [-0.2, 0) is 6.54 Å². The molecule has 1 amide bonds. The molecule has 0 bridgehead atoms. The molecule has 0 unspecified atom stereocenters. The fraction of sp³-hybridized carbons (Fsp3) is 0.316. The number of benzene rings is 1. The summed E-state index contributed by atoms with van der Waals surface area (Å²) in [5, 5.41) is 14.4. The van der Waals surface area contributed by atoms with Gasteiger partial charge in [0.15, 0.2) is 11.6 Å². The number of carbonyl (C=O) groups excluding carboxylic acids is 1. The Morgan fingerprint density at radius 1 is 1.15 bits per heavy atom. The van der Waals surface area contributed by atoms with Crippen molar-refractivity contribution in [2.45, 2.75) is 33.4 Å². The largest absolute Gasteiger partial charge is 0.338 e. The van der Waals surface area contributed by atoms with Gasteiger partial charge >= 0.3 is 0 Å². The summed E-state index contributed by atoms with van der Waals surface area (Å²) in [4.78, 5) is 18.7. The first-order valence-electron chi connectivity index (χ1n) is 8.63. The van der Waals surface area contributed by atoms with Crippen LogP contribution < -0.4 is 5.32 Å². The summed E-state index contributed by atoms with van der Waals surface area (Å²) < 4.78 is 5.23. The maximum Gasteiger partial charge on any atom is 0.256 e. The molecular weight excluding hydrogens is 344 g/mol. The van der Waals surface area contributed by atoms with Gasteiger partial charge in [-0.05, 0) is 57.6 Å². The number of carbonyl (C=O) groups is 1. The molecule has 0 aliphatic rings. The second-order valence-corrected chi connectivity index (χ2v) is 6.48. The molecule has 3 aromatic rings. The first-order valence-corrected chi connectivity index (χ1v) is 8.63. The lowest BCUT2D eigenvalue weighted by Crippen LogP contribution is -2.22. The zero-order valence-electron chi connectivity index (χ0n) is 15.8. The van der Waals surface area contributed by atoms with Crippen LogP contribution in [-0.4, -0.2) is 38.2 Å². The molecular formula is C19H22N6O2. The van der Waals surface area contributed by atoms with Crippen molar-refractivity contribution in [3.63, 3.8) is 0 Å². The minimum atomic E-state index is -0.220. The van der Waals surface area contributed by atoms with Gasteiger partial charge in [-0.1, -0.05) is 17.3 Å². The first-order chi connectivity index (χ1) is 12.9. The third-order valence-corrected chi connectivity index (χ3v) is 4.25. The Bertz CT molecular complexity index is 905. The number of rotatable bonds is 6. The van der Waals surface area contributed by atoms with Crippen molar-refractivity contribution in [3.8, 4) is 0 Å². The van der Waals surface area contributed by atoms with Gasteiger partial charge in [-0.3, -0.25) is 9.69 Å². The van der Waals surface area contributed by atoms with E-state index in [9.17, 15) is 4.79 Å². The van der Waals surface area contributed by atoms with E-state index in [1.165, 1.54) is 0 Å². The molecule has 0 radical (unpaired) electrons. The van der Waals surface area contributed by atoms with E-state index in [1.807, 2.05) is 33.0 Å². The summed E-state index contributed by atoms with van der Waals surface area (Å²) in [6.07, 6.45) is 0. The molecule has 0 saturated carbocycles. The van der Waals surface area contributed by atoms with Crippen molar-refractivity contribution < 1.29 is 9.32 Å². The number of aryl methyl sites for hydroxylation is 2. The summed E-state index contributed by atoms with van der Waals surface area (Å²) in [6, 6.07) is 11.0. The van der Waals surface area contributed by atoms with Gasteiger partial charge in [0.1, 0.15) is 0 Å². The molecule has 2 heterocycles. The molecule has 2 aromatic heterocycles. The normalized spacial score (nSPS) is 12.2. The minimum absolute atomic E-state index is 0.00529. The van der Waals surface area contributed by atoms with Crippen LogP contribution in [0.4, 0.5) is 5.82 Å². The average Bonchev–Trinajstić information content (AvgIpc) is 3.10. The van der Waals surface area contributed by atoms with Crippen molar-refractivity contribution in [3.05, 3.63) is 64.9 Å². The molecule has 0 spiro atoms. The number of anilines is 1. The SMILES string of the molecule is Cc1ccc(NC(=O)c2ccc(CN(C)[C@@H](C)c3nc(C)no3)cc2)nn1. The van der Waals surface area contributed by atoms with E-state index in [0.717, 1.165) is 11.3 Å². The molecule has 1 atom stereocenters. The number of hydrogen-bond donors (Lipinski definition) is 1. The first kappa shape index (κ1) is 18.7. The van der Waals surface area contributed by atoms with Crippen molar-refractivity contribution in [1.82, 2.24) is 25.2 Å². The minimum Gasteiger partial charge on any atom is -0.338 e. The maximum absolute atomic E-state index is 12.3. The standard InChI is InChI=1S/C19H22N6O2/c1-12-5-10-17(23-22-12)21-18(26)16-8-6-15(7-9-16)11-25(4)13(2)19-20-14(3)24-27-19/h5-10,13H,11H2,1-4H3,(H,21,23,26)/t13-/m0/s1. The van der Waals surface area contributed by atoms with Gasteiger partial charge in [0.25, 0.3) is 5.91 Å². The number of nitrogens with zero attached hydrogens (tertiary/aromatic N) is 5. The van der Waals surface area contributed by atoms with Crippen molar-refractivity contribution in [2.24, 2.45) is 0 Å². The summed E-state index contributed by atoms with van der Waals surface area (Å²) in [7, 11) is 1.99. The molecule has 0 fully saturated rings. The van der Waals surface area contributed by atoms with Crippen LogP contribution in [0.2, 0.25) is 0 Å². The van der Waals surface area contributed by atoms with E-state index >= 15 is 0 Å². The topological polar surface area (TPSA) is 97.0 Å². The second kappa shape index (κ2) is 8.05. The number of nitrogens with one attached hydrogen (secondary N) is 1. The Kier molecular flexibility index (Phi) is 5.56. The van der Waals surface area contributed by atoms with E-state index in [0.29, 0.717) is 29.6 Å². The molecule has 1 N–H and O–H groups in total. The summed E-state index contributed by atoms with van der Waals surface area (Å²) in [5.74, 6) is 1.42. The van der Waals surface area contributed by atoms with E-state index in [4.69, 9.17) is 4.52 Å². The maximum atomic E-state index is 12.3. The van der Waals surface area contributed by atoms with Crippen molar-refractivity contribution >= 4 is 11.7 Å². The number of amides is 1. The van der Waals surface area contributed by atoms with Gasteiger partial charge < -0.3 is 9.84 Å². The number of hydrogen-bond acceptors (Lipinski definition) is 7.